The Balaban J connectivity index is 3.93. The summed E-state index contributed by atoms with van der Waals surface area (Å²) in [7, 11) is 0. The Morgan fingerprint density at radius 3 is 2.18 bits per heavy atom. The molecule has 0 amide bonds. The molecule has 0 fully saturated rings. The Labute approximate surface area is 68.2 Å². The summed E-state index contributed by atoms with van der Waals surface area (Å²) < 4.78 is 23.5. The number of hydrogen-bond acceptors (Lipinski definition) is 3. The lowest BCUT2D eigenvalue weighted by molar-refractivity contribution is -0.146. The summed E-state index contributed by atoms with van der Waals surface area (Å²) in [6.07, 6.45) is -0.242. The molecule has 0 rings (SSSR count). The predicted octanol–water partition coefficient (Wildman–Crippen LogP) is 0.548. The van der Waals surface area contributed by atoms with Gasteiger partial charge in [-0.3, -0.25) is 4.79 Å². The summed E-state index contributed by atoms with van der Waals surface area (Å²) in [6.45, 7) is 4.72. The van der Waals surface area contributed by atoms with Crippen LogP contribution in [-0.4, -0.2) is 26.1 Å². The molecule has 0 saturated heterocycles. The number of ether oxygens (including phenoxy) is 1. The SMILES string of the molecule is CC(C)OC(=O)C(C)S(=O)O. The molecular weight excluding hydrogens is 168 g/mol. The van der Waals surface area contributed by atoms with E-state index in [0.717, 1.165) is 0 Å². The van der Waals surface area contributed by atoms with Gasteiger partial charge in [-0.05, 0) is 20.8 Å². The van der Waals surface area contributed by atoms with Crippen molar-refractivity contribution in [3.8, 4) is 0 Å². The zero-order valence-electron chi connectivity index (χ0n) is 6.73. The number of esters is 1. The van der Waals surface area contributed by atoms with E-state index in [1.165, 1.54) is 6.92 Å². The monoisotopic (exact) mass is 180 g/mol. The maximum absolute atomic E-state index is 10.8. The van der Waals surface area contributed by atoms with Crippen LogP contribution in [0.2, 0.25) is 0 Å². The van der Waals surface area contributed by atoms with E-state index in [0.29, 0.717) is 0 Å². The molecule has 0 saturated carbocycles. The van der Waals surface area contributed by atoms with Gasteiger partial charge in [0.05, 0.1) is 6.10 Å². The largest absolute Gasteiger partial charge is 0.462 e. The van der Waals surface area contributed by atoms with Gasteiger partial charge in [0.15, 0.2) is 16.3 Å². The van der Waals surface area contributed by atoms with Crippen molar-refractivity contribution in [1.82, 2.24) is 0 Å². The molecule has 4 nitrogen and oxygen atoms in total. The molecule has 11 heavy (non-hydrogen) atoms. The summed E-state index contributed by atoms with van der Waals surface area (Å²) in [5.41, 5.74) is 0. The van der Waals surface area contributed by atoms with Crippen molar-refractivity contribution in [2.24, 2.45) is 0 Å². The van der Waals surface area contributed by atoms with Crippen molar-refractivity contribution in [3.05, 3.63) is 0 Å². The fraction of sp³-hybridized carbons (Fsp3) is 0.833. The van der Waals surface area contributed by atoms with Crippen molar-refractivity contribution in [2.45, 2.75) is 32.1 Å². The second-order valence-corrected chi connectivity index (χ2v) is 3.66. The van der Waals surface area contributed by atoms with E-state index in [4.69, 9.17) is 4.55 Å². The first-order valence-corrected chi connectivity index (χ1v) is 4.42. The van der Waals surface area contributed by atoms with E-state index in [2.05, 4.69) is 4.74 Å². The van der Waals surface area contributed by atoms with Gasteiger partial charge in [0, 0.05) is 0 Å². The van der Waals surface area contributed by atoms with E-state index >= 15 is 0 Å². The molecule has 0 aliphatic heterocycles. The lowest BCUT2D eigenvalue weighted by Crippen LogP contribution is -2.26. The van der Waals surface area contributed by atoms with Crippen LogP contribution in [0.15, 0.2) is 0 Å². The normalized spacial score (nSPS) is 16.1. The topological polar surface area (TPSA) is 63.6 Å². The van der Waals surface area contributed by atoms with Crippen LogP contribution < -0.4 is 0 Å². The Bertz CT molecular complexity index is 166. The van der Waals surface area contributed by atoms with Crippen LogP contribution in [0.1, 0.15) is 20.8 Å². The summed E-state index contributed by atoms with van der Waals surface area (Å²) in [5, 5.41) is -0.961. The molecule has 0 heterocycles. The molecule has 1 N–H and O–H groups in total. The molecule has 0 aromatic heterocycles. The highest BCUT2D eigenvalue weighted by molar-refractivity contribution is 7.80. The number of carbonyl (C=O) groups excluding carboxylic acids is 1. The smallest absolute Gasteiger partial charge is 0.324 e. The minimum absolute atomic E-state index is 0.242. The molecule has 0 aliphatic carbocycles. The highest BCUT2D eigenvalue weighted by Gasteiger charge is 2.20. The van der Waals surface area contributed by atoms with Crippen molar-refractivity contribution in [2.75, 3.05) is 0 Å². The summed E-state index contributed by atoms with van der Waals surface area (Å²) in [4.78, 5) is 10.8. The summed E-state index contributed by atoms with van der Waals surface area (Å²) in [5.74, 6) is -0.638. The van der Waals surface area contributed by atoms with Crippen molar-refractivity contribution in [3.63, 3.8) is 0 Å². The van der Waals surface area contributed by atoms with E-state index in [9.17, 15) is 9.00 Å². The molecule has 0 bridgehead atoms. The molecule has 0 spiro atoms. The summed E-state index contributed by atoms with van der Waals surface area (Å²) in [6, 6.07) is 0. The van der Waals surface area contributed by atoms with Gasteiger partial charge in [0.25, 0.3) is 0 Å². The van der Waals surface area contributed by atoms with Gasteiger partial charge in [0.1, 0.15) is 0 Å². The van der Waals surface area contributed by atoms with Gasteiger partial charge in [-0.15, -0.1) is 0 Å². The van der Waals surface area contributed by atoms with Gasteiger partial charge in [-0.1, -0.05) is 0 Å². The number of hydrogen-bond donors (Lipinski definition) is 1. The van der Waals surface area contributed by atoms with Gasteiger partial charge in [0.2, 0.25) is 0 Å². The van der Waals surface area contributed by atoms with Crippen molar-refractivity contribution in [1.29, 1.82) is 0 Å². The van der Waals surface area contributed by atoms with Gasteiger partial charge >= 0.3 is 5.97 Å². The predicted molar refractivity (Wildman–Crippen MR) is 41.5 cm³/mol. The Morgan fingerprint density at radius 1 is 1.45 bits per heavy atom. The van der Waals surface area contributed by atoms with Crippen LogP contribution >= 0.6 is 0 Å². The van der Waals surface area contributed by atoms with Crippen LogP contribution in [0.3, 0.4) is 0 Å². The number of carbonyl (C=O) groups is 1. The van der Waals surface area contributed by atoms with E-state index in [1.807, 2.05) is 0 Å². The van der Waals surface area contributed by atoms with Gasteiger partial charge in [-0.2, -0.15) is 0 Å². The standard InChI is InChI=1S/C6H12O4S/c1-4(2)10-6(7)5(3)11(8)9/h4-5H,1-3H3,(H,8,9). The maximum Gasteiger partial charge on any atom is 0.324 e. The third-order valence-electron chi connectivity index (χ3n) is 0.986. The molecule has 0 aromatic rings. The van der Waals surface area contributed by atoms with Gasteiger partial charge in [-0.25, -0.2) is 4.21 Å². The van der Waals surface area contributed by atoms with Crippen molar-refractivity contribution >= 4 is 17.0 Å². The first-order valence-electron chi connectivity index (χ1n) is 3.25. The average Bonchev–Trinajstić information content (AvgIpc) is 1.84. The minimum atomic E-state index is -2.13. The second kappa shape index (κ2) is 4.46. The molecule has 0 radical (unpaired) electrons. The Kier molecular flexibility index (Phi) is 4.29. The number of rotatable bonds is 3. The van der Waals surface area contributed by atoms with Crippen LogP contribution in [-0.2, 0) is 20.6 Å². The molecule has 0 aromatic carbocycles. The lowest BCUT2D eigenvalue weighted by Gasteiger charge is -2.10. The average molecular weight is 180 g/mol. The molecule has 66 valence electrons. The highest BCUT2D eigenvalue weighted by atomic mass is 32.2. The fourth-order valence-corrected chi connectivity index (χ4v) is 0.631. The minimum Gasteiger partial charge on any atom is -0.462 e. The first-order chi connectivity index (χ1) is 4.95. The highest BCUT2D eigenvalue weighted by Crippen LogP contribution is 1.98. The van der Waals surface area contributed by atoms with E-state index < -0.39 is 22.3 Å². The lowest BCUT2D eigenvalue weighted by atomic mass is 10.4. The van der Waals surface area contributed by atoms with Crippen LogP contribution in [0, 0.1) is 0 Å². The van der Waals surface area contributed by atoms with E-state index in [1.54, 1.807) is 13.8 Å². The maximum atomic E-state index is 10.8. The second-order valence-electron chi connectivity index (χ2n) is 2.40. The van der Waals surface area contributed by atoms with Crippen molar-refractivity contribution < 1.29 is 18.3 Å². The molecular formula is C6H12O4S. The Hall–Kier alpha value is -0.420. The fourth-order valence-electron chi connectivity index (χ4n) is 0.410. The van der Waals surface area contributed by atoms with Gasteiger partial charge < -0.3 is 9.29 Å². The first kappa shape index (κ1) is 10.6. The zero-order valence-corrected chi connectivity index (χ0v) is 7.55. The quantitative estimate of drug-likeness (QED) is 0.509. The molecule has 2 atom stereocenters. The Morgan fingerprint density at radius 2 is 1.91 bits per heavy atom. The molecule has 0 aliphatic rings. The van der Waals surface area contributed by atoms with E-state index in [-0.39, 0.29) is 6.10 Å². The third-order valence-corrected chi connectivity index (χ3v) is 1.78. The zero-order chi connectivity index (χ0) is 9.02. The van der Waals surface area contributed by atoms with Crippen LogP contribution in [0.4, 0.5) is 0 Å². The summed E-state index contributed by atoms with van der Waals surface area (Å²) >= 11 is -2.13. The van der Waals surface area contributed by atoms with Crippen LogP contribution in [0.5, 0.6) is 0 Å². The molecule has 5 heteroatoms. The molecule has 2 unspecified atom stereocenters. The third kappa shape index (κ3) is 4.10. The van der Waals surface area contributed by atoms with Crippen LogP contribution in [0.25, 0.3) is 0 Å².